The molecule has 0 heterocycles. The van der Waals surface area contributed by atoms with E-state index in [4.69, 9.17) is 5.11 Å². The number of allylic oxidation sites excluding steroid dienone is 4. The first-order valence-corrected chi connectivity index (χ1v) is 24.4. The first kappa shape index (κ1) is 54.0. The van der Waals surface area contributed by atoms with Crippen LogP contribution in [-0.4, -0.2) is 41.7 Å². The third-order valence-electron chi connectivity index (χ3n) is 11.3. The van der Waals surface area contributed by atoms with Crippen molar-refractivity contribution in [3.63, 3.8) is 0 Å². The Balaban J connectivity index is 0. The molecule has 0 bridgehead atoms. The van der Waals surface area contributed by atoms with E-state index in [0.29, 0.717) is 6.42 Å². The number of hydrogen-bond acceptors (Lipinski definition) is 1. The van der Waals surface area contributed by atoms with Gasteiger partial charge in [-0.1, -0.05) is 194 Å². The third-order valence-corrected chi connectivity index (χ3v) is 11.3. The van der Waals surface area contributed by atoms with Crippen molar-refractivity contribution in [3.05, 3.63) is 24.3 Å². The van der Waals surface area contributed by atoms with Gasteiger partial charge in [0.2, 0.25) is 0 Å². The van der Waals surface area contributed by atoms with Crippen LogP contribution in [0.4, 0.5) is 0 Å². The summed E-state index contributed by atoms with van der Waals surface area (Å²) in [5.74, 6) is -0.671. The Hall–Kier alpha value is -1.09. The number of hydrogen-bond donors (Lipinski definition) is 1. The molecule has 0 aliphatic heterocycles. The predicted molar refractivity (Wildman–Crippen MR) is 240 cm³/mol. The number of aliphatic carboxylic acids is 1. The third kappa shape index (κ3) is 45.2. The highest BCUT2D eigenvalue weighted by atomic mass is 16.4. The lowest BCUT2D eigenvalue weighted by Crippen LogP contribution is -2.50. The topological polar surface area (TPSA) is 37.3 Å². The fourth-order valence-corrected chi connectivity index (χ4v) is 7.67. The Labute approximate surface area is 335 Å². The lowest BCUT2D eigenvalue weighted by atomic mass is 10.0. The molecule has 0 spiro atoms. The number of carbonyl (C=O) groups is 1. The van der Waals surface area contributed by atoms with Crippen molar-refractivity contribution in [1.29, 1.82) is 0 Å². The van der Waals surface area contributed by atoms with Crippen LogP contribution in [0.5, 0.6) is 0 Å². The van der Waals surface area contributed by atoms with Crippen LogP contribution in [-0.2, 0) is 4.79 Å². The average Bonchev–Trinajstić information content (AvgIpc) is 3.15. The van der Waals surface area contributed by atoms with Gasteiger partial charge in [-0.2, -0.15) is 0 Å². The van der Waals surface area contributed by atoms with Crippen molar-refractivity contribution in [2.24, 2.45) is 0 Å². The van der Waals surface area contributed by atoms with E-state index in [1.54, 1.807) is 0 Å². The minimum Gasteiger partial charge on any atom is -0.481 e. The van der Waals surface area contributed by atoms with Crippen molar-refractivity contribution in [2.75, 3.05) is 26.2 Å². The Morgan fingerprint density at radius 3 is 0.962 bits per heavy atom. The molecule has 1 N–H and O–H groups in total. The summed E-state index contributed by atoms with van der Waals surface area (Å²) in [6, 6.07) is 0. The molecule has 3 nitrogen and oxygen atoms in total. The molecule has 3 heteroatoms. The zero-order valence-corrected chi connectivity index (χ0v) is 37.4. The van der Waals surface area contributed by atoms with Crippen LogP contribution in [0.2, 0.25) is 0 Å². The quantitative estimate of drug-likeness (QED) is 0.0384. The van der Waals surface area contributed by atoms with Gasteiger partial charge in [0, 0.05) is 6.42 Å². The molecule has 0 radical (unpaired) electrons. The summed E-state index contributed by atoms with van der Waals surface area (Å²) >= 11 is 0. The molecule has 0 aromatic heterocycles. The van der Waals surface area contributed by atoms with Gasteiger partial charge in [-0.05, 0) is 89.9 Å². The molecule has 0 saturated heterocycles. The molecule has 0 rings (SSSR count). The van der Waals surface area contributed by atoms with Crippen LogP contribution in [0.25, 0.3) is 0 Å². The molecule has 316 valence electrons. The maximum Gasteiger partial charge on any atom is 0.303 e. The van der Waals surface area contributed by atoms with Crippen LogP contribution < -0.4 is 0 Å². The summed E-state index contributed by atoms with van der Waals surface area (Å²) < 4.78 is 1.48. The maximum atomic E-state index is 10.3. The second kappa shape index (κ2) is 47.1. The number of unbranched alkanes of at least 4 members (excludes halogenated alkanes) is 28. The molecule has 0 amide bonds. The fourth-order valence-electron chi connectivity index (χ4n) is 7.67. The predicted octanol–water partition coefficient (Wildman–Crippen LogP) is 17.1. The van der Waals surface area contributed by atoms with E-state index in [0.717, 1.165) is 25.7 Å². The molecule has 0 fully saturated rings. The molecule has 0 aromatic carbocycles. The van der Waals surface area contributed by atoms with Gasteiger partial charge in [-0.25, -0.2) is 0 Å². The van der Waals surface area contributed by atoms with Crippen LogP contribution in [0.1, 0.15) is 266 Å². The Bertz CT molecular complexity index is 674. The first-order valence-electron chi connectivity index (χ1n) is 24.4. The Morgan fingerprint density at radius 1 is 0.358 bits per heavy atom. The lowest BCUT2D eigenvalue weighted by Gasteiger charge is -2.40. The molecular formula is C50H100NO2+. The number of quaternary nitrogens is 1. The standard InChI is InChI=1S/C32H68N.C18H32O2/c1-5-9-13-17-21-25-29-33(30-26-22-18-14-10-6-2,31-27-23-19-15-11-7-3)32-28-24-20-16-12-8-4;1-2-3-4-5-6-7-8-9-10-11-12-13-14-15-16-17-18(19)20/h5-32H2,1-4H3;6-7,9-10H,2-5,8,11-17H2,1H3,(H,19,20)/q+1;/b;7-6-,10-9-. The summed E-state index contributed by atoms with van der Waals surface area (Å²) in [6.45, 7) is 17.5. The van der Waals surface area contributed by atoms with Gasteiger partial charge in [0.25, 0.3) is 0 Å². The second-order valence-electron chi connectivity index (χ2n) is 16.7. The Morgan fingerprint density at radius 2 is 0.623 bits per heavy atom. The zero-order valence-electron chi connectivity index (χ0n) is 37.4. The summed E-state index contributed by atoms with van der Waals surface area (Å²) in [6.07, 6.45) is 57.1. The Kier molecular flexibility index (Phi) is 48.0. The molecule has 0 unspecified atom stereocenters. The normalized spacial score (nSPS) is 11.9. The van der Waals surface area contributed by atoms with Gasteiger partial charge in [0.15, 0.2) is 0 Å². The van der Waals surface area contributed by atoms with Gasteiger partial charge in [0.1, 0.15) is 0 Å². The van der Waals surface area contributed by atoms with Crippen LogP contribution in [0, 0.1) is 0 Å². The maximum absolute atomic E-state index is 10.3. The van der Waals surface area contributed by atoms with Gasteiger partial charge in [0.05, 0.1) is 26.2 Å². The smallest absolute Gasteiger partial charge is 0.303 e. The number of nitrogens with zero attached hydrogens (tertiary/aromatic N) is 1. The SMILES string of the molecule is CCCCC/C=C\C/C=C\CCCCCCCC(=O)O.CCCCCCCC[N+](CCCCCCCC)(CCCCCCCC)CCCCCCCC. The van der Waals surface area contributed by atoms with E-state index in [1.807, 2.05) is 0 Å². The van der Waals surface area contributed by atoms with Crippen LogP contribution >= 0.6 is 0 Å². The highest BCUT2D eigenvalue weighted by Gasteiger charge is 2.25. The van der Waals surface area contributed by atoms with Crippen molar-refractivity contribution in [1.82, 2.24) is 0 Å². The lowest BCUT2D eigenvalue weighted by molar-refractivity contribution is -0.929. The van der Waals surface area contributed by atoms with Gasteiger partial charge < -0.3 is 9.59 Å². The van der Waals surface area contributed by atoms with Crippen LogP contribution in [0.3, 0.4) is 0 Å². The molecule has 0 atom stereocenters. The van der Waals surface area contributed by atoms with E-state index >= 15 is 0 Å². The van der Waals surface area contributed by atoms with Crippen molar-refractivity contribution < 1.29 is 14.4 Å². The molecule has 53 heavy (non-hydrogen) atoms. The van der Waals surface area contributed by atoms with E-state index in [-0.39, 0.29) is 0 Å². The summed E-state index contributed by atoms with van der Waals surface area (Å²) in [5.41, 5.74) is 0. The number of carboxylic acid groups (broad SMARTS) is 1. The van der Waals surface area contributed by atoms with E-state index in [2.05, 4.69) is 58.9 Å². The van der Waals surface area contributed by atoms with Crippen molar-refractivity contribution in [3.8, 4) is 0 Å². The summed E-state index contributed by atoms with van der Waals surface area (Å²) in [4.78, 5) is 10.3. The molecule has 0 aromatic rings. The summed E-state index contributed by atoms with van der Waals surface area (Å²) in [7, 11) is 0. The highest BCUT2D eigenvalue weighted by molar-refractivity contribution is 5.66. The fraction of sp³-hybridized carbons (Fsp3) is 0.900. The monoisotopic (exact) mass is 747 g/mol. The number of carboxylic acids is 1. The van der Waals surface area contributed by atoms with E-state index in [1.165, 1.54) is 230 Å². The summed E-state index contributed by atoms with van der Waals surface area (Å²) in [5, 5.41) is 8.50. The largest absolute Gasteiger partial charge is 0.481 e. The van der Waals surface area contributed by atoms with E-state index in [9.17, 15) is 4.79 Å². The van der Waals surface area contributed by atoms with Crippen LogP contribution in [0.15, 0.2) is 24.3 Å². The van der Waals surface area contributed by atoms with E-state index < -0.39 is 5.97 Å². The van der Waals surface area contributed by atoms with Crippen molar-refractivity contribution in [2.45, 2.75) is 266 Å². The van der Waals surface area contributed by atoms with Gasteiger partial charge in [-0.3, -0.25) is 4.79 Å². The molecule has 0 saturated carbocycles. The first-order chi connectivity index (χ1) is 26.0. The minimum atomic E-state index is -0.671. The van der Waals surface area contributed by atoms with Crippen molar-refractivity contribution >= 4 is 5.97 Å². The second-order valence-corrected chi connectivity index (χ2v) is 16.7. The molecular weight excluding hydrogens is 647 g/mol. The highest BCUT2D eigenvalue weighted by Crippen LogP contribution is 2.21. The molecule has 0 aliphatic rings. The zero-order chi connectivity index (χ0) is 39.2. The average molecular weight is 747 g/mol. The van der Waals surface area contributed by atoms with Gasteiger partial charge >= 0.3 is 5.97 Å². The molecule has 0 aliphatic carbocycles. The minimum absolute atomic E-state index is 0.324. The van der Waals surface area contributed by atoms with Gasteiger partial charge in [-0.15, -0.1) is 0 Å². The number of rotatable bonds is 42.